The van der Waals surface area contributed by atoms with E-state index in [0.29, 0.717) is 27.2 Å². The quantitative estimate of drug-likeness (QED) is 0.640. The van der Waals surface area contributed by atoms with Crippen LogP contribution in [0.15, 0.2) is 53.5 Å². The van der Waals surface area contributed by atoms with Crippen molar-refractivity contribution in [2.75, 3.05) is 5.32 Å². The smallest absolute Gasteiger partial charge is 0.193 e. The SMILES string of the molecule is N#Cc1c(N=Cc2ccc(Cl)cc2)n[nH]c1Nc1ccc(Cl)cc1. The fourth-order valence-electron chi connectivity index (χ4n) is 1.98. The molecule has 3 rings (SSSR count). The number of H-pyrrole nitrogens is 1. The van der Waals surface area contributed by atoms with Crippen molar-refractivity contribution in [3.05, 3.63) is 69.7 Å². The average molecular weight is 356 g/mol. The van der Waals surface area contributed by atoms with Crippen molar-refractivity contribution in [2.45, 2.75) is 0 Å². The largest absolute Gasteiger partial charge is 0.339 e. The predicted molar refractivity (Wildman–Crippen MR) is 96.7 cm³/mol. The summed E-state index contributed by atoms with van der Waals surface area (Å²) in [6, 6.07) is 16.4. The first-order valence-corrected chi connectivity index (χ1v) is 7.72. The van der Waals surface area contributed by atoms with Gasteiger partial charge in [-0.25, -0.2) is 4.99 Å². The van der Waals surface area contributed by atoms with Crippen molar-refractivity contribution in [3.63, 3.8) is 0 Å². The van der Waals surface area contributed by atoms with Gasteiger partial charge in [0, 0.05) is 21.9 Å². The van der Waals surface area contributed by atoms with Gasteiger partial charge in [0.15, 0.2) is 5.82 Å². The van der Waals surface area contributed by atoms with Crippen LogP contribution in [-0.4, -0.2) is 16.4 Å². The molecule has 0 unspecified atom stereocenters. The molecule has 7 heteroatoms. The van der Waals surface area contributed by atoms with Crippen LogP contribution in [0, 0.1) is 11.3 Å². The molecule has 2 N–H and O–H groups in total. The third kappa shape index (κ3) is 3.74. The number of aliphatic imine (C=N–C) groups is 1. The number of nitriles is 1. The van der Waals surface area contributed by atoms with Crippen LogP contribution in [0.1, 0.15) is 11.1 Å². The fraction of sp³-hybridized carbons (Fsp3) is 0. The fourth-order valence-corrected chi connectivity index (χ4v) is 2.24. The van der Waals surface area contributed by atoms with Crippen LogP contribution in [0.5, 0.6) is 0 Å². The Morgan fingerprint density at radius 3 is 2.29 bits per heavy atom. The molecule has 0 atom stereocenters. The van der Waals surface area contributed by atoms with E-state index >= 15 is 0 Å². The molecule has 0 aliphatic rings. The molecule has 0 saturated heterocycles. The standard InChI is InChI=1S/C17H11Cl2N5/c18-12-3-1-11(2-4-12)10-21-16-15(9-20)17(24-23-16)22-14-7-5-13(19)6-8-14/h1-8,10H,(H2,22,23,24). The summed E-state index contributed by atoms with van der Waals surface area (Å²) in [6.45, 7) is 0. The normalized spacial score (nSPS) is 10.7. The summed E-state index contributed by atoms with van der Waals surface area (Å²) in [4.78, 5) is 4.26. The third-order valence-electron chi connectivity index (χ3n) is 3.18. The summed E-state index contributed by atoms with van der Waals surface area (Å²) in [5.74, 6) is 0.784. The Bertz CT molecular complexity index is 906. The first kappa shape index (κ1) is 16.1. The average Bonchev–Trinajstić information content (AvgIpc) is 2.98. The Hall–Kier alpha value is -2.81. The van der Waals surface area contributed by atoms with Gasteiger partial charge in [-0.1, -0.05) is 35.3 Å². The number of hydrogen-bond donors (Lipinski definition) is 2. The Morgan fingerprint density at radius 1 is 1.04 bits per heavy atom. The number of hydrogen-bond acceptors (Lipinski definition) is 4. The van der Waals surface area contributed by atoms with Gasteiger partial charge in [-0.15, -0.1) is 0 Å². The lowest BCUT2D eigenvalue weighted by Gasteiger charge is -2.03. The van der Waals surface area contributed by atoms with E-state index in [9.17, 15) is 5.26 Å². The Balaban J connectivity index is 1.83. The van der Waals surface area contributed by atoms with E-state index in [-0.39, 0.29) is 0 Å². The lowest BCUT2D eigenvalue weighted by atomic mass is 10.2. The number of nitrogens with one attached hydrogen (secondary N) is 2. The van der Waals surface area contributed by atoms with E-state index in [1.165, 1.54) is 0 Å². The molecule has 0 saturated carbocycles. The zero-order valence-electron chi connectivity index (χ0n) is 12.3. The van der Waals surface area contributed by atoms with Gasteiger partial charge in [0.25, 0.3) is 0 Å². The van der Waals surface area contributed by atoms with Crippen LogP contribution < -0.4 is 5.32 Å². The second kappa shape index (κ2) is 7.18. The highest BCUT2D eigenvalue weighted by Gasteiger charge is 2.12. The number of anilines is 2. The Labute approximate surface area is 148 Å². The Kier molecular flexibility index (Phi) is 4.80. The summed E-state index contributed by atoms with van der Waals surface area (Å²) >= 11 is 11.7. The van der Waals surface area contributed by atoms with E-state index in [1.54, 1.807) is 42.6 Å². The summed E-state index contributed by atoms with van der Waals surface area (Å²) in [7, 11) is 0. The van der Waals surface area contributed by atoms with Gasteiger partial charge in [0.05, 0.1) is 0 Å². The highest BCUT2D eigenvalue weighted by molar-refractivity contribution is 6.30. The zero-order valence-corrected chi connectivity index (χ0v) is 13.8. The lowest BCUT2D eigenvalue weighted by molar-refractivity contribution is 1.09. The molecule has 5 nitrogen and oxygen atoms in total. The maximum Gasteiger partial charge on any atom is 0.193 e. The highest BCUT2D eigenvalue weighted by Crippen LogP contribution is 2.26. The van der Waals surface area contributed by atoms with Gasteiger partial charge < -0.3 is 5.32 Å². The van der Waals surface area contributed by atoms with Crippen molar-refractivity contribution in [1.82, 2.24) is 10.2 Å². The zero-order chi connectivity index (χ0) is 16.9. The monoisotopic (exact) mass is 355 g/mol. The van der Waals surface area contributed by atoms with Crippen molar-refractivity contribution in [2.24, 2.45) is 4.99 Å². The maximum atomic E-state index is 9.38. The van der Waals surface area contributed by atoms with Gasteiger partial charge >= 0.3 is 0 Å². The van der Waals surface area contributed by atoms with Crippen LogP contribution in [0.4, 0.5) is 17.3 Å². The number of halogens is 2. The first-order valence-electron chi connectivity index (χ1n) is 6.96. The van der Waals surface area contributed by atoms with E-state index < -0.39 is 0 Å². The molecule has 0 aliphatic carbocycles. The van der Waals surface area contributed by atoms with Gasteiger partial charge in [0.1, 0.15) is 17.5 Å². The highest BCUT2D eigenvalue weighted by atomic mass is 35.5. The molecule has 24 heavy (non-hydrogen) atoms. The van der Waals surface area contributed by atoms with Gasteiger partial charge in [-0.3, -0.25) is 5.10 Å². The summed E-state index contributed by atoms with van der Waals surface area (Å²) in [5, 5.41) is 20.6. The topological polar surface area (TPSA) is 76.9 Å². The van der Waals surface area contributed by atoms with Crippen LogP contribution >= 0.6 is 23.2 Å². The molecular formula is C17H11Cl2N5. The second-order valence-electron chi connectivity index (χ2n) is 4.85. The molecular weight excluding hydrogens is 345 g/mol. The molecule has 118 valence electrons. The molecule has 1 aromatic heterocycles. The molecule has 0 radical (unpaired) electrons. The van der Waals surface area contributed by atoms with Crippen molar-refractivity contribution in [1.29, 1.82) is 5.26 Å². The van der Waals surface area contributed by atoms with Crippen LogP contribution in [-0.2, 0) is 0 Å². The minimum Gasteiger partial charge on any atom is -0.339 e. The van der Waals surface area contributed by atoms with Crippen LogP contribution in [0.2, 0.25) is 10.0 Å². The minimum atomic E-state index is 0.309. The lowest BCUT2D eigenvalue weighted by Crippen LogP contribution is -1.92. The van der Waals surface area contributed by atoms with E-state index in [2.05, 4.69) is 26.6 Å². The van der Waals surface area contributed by atoms with Crippen LogP contribution in [0.3, 0.4) is 0 Å². The van der Waals surface area contributed by atoms with E-state index in [4.69, 9.17) is 23.2 Å². The van der Waals surface area contributed by atoms with Crippen LogP contribution in [0.25, 0.3) is 0 Å². The summed E-state index contributed by atoms with van der Waals surface area (Å²) < 4.78 is 0. The predicted octanol–water partition coefficient (Wildman–Crippen LogP) is 5.08. The number of aromatic nitrogens is 2. The van der Waals surface area contributed by atoms with Gasteiger partial charge in [-0.2, -0.15) is 10.4 Å². The van der Waals surface area contributed by atoms with Crippen molar-refractivity contribution in [3.8, 4) is 6.07 Å². The first-order chi connectivity index (χ1) is 11.7. The Morgan fingerprint density at radius 2 is 1.67 bits per heavy atom. The van der Waals surface area contributed by atoms with Crippen molar-refractivity contribution < 1.29 is 0 Å². The minimum absolute atomic E-state index is 0.309. The molecule has 3 aromatic rings. The number of nitrogens with zero attached hydrogens (tertiary/aromatic N) is 3. The molecule has 0 fully saturated rings. The number of aromatic amines is 1. The molecule has 0 spiro atoms. The third-order valence-corrected chi connectivity index (χ3v) is 3.68. The van der Waals surface area contributed by atoms with E-state index in [0.717, 1.165) is 11.3 Å². The molecule has 2 aromatic carbocycles. The van der Waals surface area contributed by atoms with Gasteiger partial charge in [0.2, 0.25) is 0 Å². The number of rotatable bonds is 4. The number of benzene rings is 2. The van der Waals surface area contributed by atoms with Crippen molar-refractivity contribution >= 4 is 46.7 Å². The molecule has 1 heterocycles. The van der Waals surface area contributed by atoms with Gasteiger partial charge in [-0.05, 0) is 42.0 Å². The molecule has 0 aliphatic heterocycles. The summed E-state index contributed by atoms with van der Waals surface area (Å²) in [6.07, 6.45) is 1.62. The molecule has 0 amide bonds. The molecule has 0 bridgehead atoms. The maximum absolute atomic E-state index is 9.38. The van der Waals surface area contributed by atoms with E-state index in [1.807, 2.05) is 12.1 Å². The summed E-state index contributed by atoms with van der Waals surface area (Å²) in [5.41, 5.74) is 1.97. The second-order valence-corrected chi connectivity index (χ2v) is 5.72.